The van der Waals surface area contributed by atoms with Gasteiger partial charge in [0.2, 0.25) is 12.5 Å². The summed E-state index contributed by atoms with van der Waals surface area (Å²) in [5, 5.41) is 16.8. The summed E-state index contributed by atoms with van der Waals surface area (Å²) in [5.74, 6) is 0.155. The first-order valence-electron chi connectivity index (χ1n) is 5.41. The summed E-state index contributed by atoms with van der Waals surface area (Å²) < 4.78 is 14.8. The molecule has 100 valence electrons. The Hall–Kier alpha value is -2.57. The van der Waals surface area contributed by atoms with E-state index >= 15 is 0 Å². The third-order valence-electron chi connectivity index (χ3n) is 2.34. The van der Waals surface area contributed by atoms with Gasteiger partial charge in [0, 0.05) is 6.07 Å². The van der Waals surface area contributed by atoms with Gasteiger partial charge in [0.25, 0.3) is 0 Å². The Kier molecular flexibility index (Phi) is 3.65. The Balaban J connectivity index is 2.22. The molecule has 1 heterocycles. The van der Waals surface area contributed by atoms with Gasteiger partial charge in [-0.1, -0.05) is 0 Å². The summed E-state index contributed by atoms with van der Waals surface area (Å²) >= 11 is 0. The molecule has 0 radical (unpaired) electrons. The smallest absolute Gasteiger partial charge is 0.362 e. The lowest BCUT2D eigenvalue weighted by molar-refractivity contribution is -0.136. The van der Waals surface area contributed by atoms with Crippen LogP contribution in [0.2, 0.25) is 0 Å². The van der Waals surface area contributed by atoms with Crippen LogP contribution in [0, 0.1) is 0 Å². The van der Waals surface area contributed by atoms with E-state index in [9.17, 15) is 9.90 Å². The number of fused-ring (bicyclic) bond motifs is 1. The van der Waals surface area contributed by atoms with Crippen molar-refractivity contribution in [2.45, 2.75) is 6.92 Å². The number of esters is 1. The molecule has 1 aromatic carbocycles. The molecule has 0 unspecified atom stereocenters. The van der Waals surface area contributed by atoms with E-state index in [0.717, 1.165) is 0 Å². The summed E-state index contributed by atoms with van der Waals surface area (Å²) in [6.45, 7) is 1.49. The van der Waals surface area contributed by atoms with Crippen molar-refractivity contribution in [3.05, 3.63) is 29.7 Å². The summed E-state index contributed by atoms with van der Waals surface area (Å²) in [7, 11) is 1.20. The standard InChI is InChI=1S/C12H12N2O5/c1-7(15)11(12(16)17-2)14-13-8-3-4-9-10(5-8)19-6-18-9/h3-5,15H,6H2,1-2H3. The van der Waals surface area contributed by atoms with Gasteiger partial charge in [-0.3, -0.25) is 0 Å². The Labute approximate surface area is 109 Å². The van der Waals surface area contributed by atoms with Crippen LogP contribution in [-0.2, 0) is 9.53 Å². The van der Waals surface area contributed by atoms with Crippen molar-refractivity contribution in [2.75, 3.05) is 13.9 Å². The molecule has 19 heavy (non-hydrogen) atoms. The van der Waals surface area contributed by atoms with Crippen LogP contribution in [0.15, 0.2) is 39.9 Å². The molecule has 0 saturated heterocycles. The molecule has 0 atom stereocenters. The van der Waals surface area contributed by atoms with Crippen LogP contribution in [0.25, 0.3) is 0 Å². The van der Waals surface area contributed by atoms with Gasteiger partial charge in [0.15, 0.2) is 11.5 Å². The molecule has 1 aliphatic rings. The number of azo groups is 1. The van der Waals surface area contributed by atoms with E-state index in [2.05, 4.69) is 15.0 Å². The molecular weight excluding hydrogens is 252 g/mol. The Morgan fingerprint density at radius 1 is 1.37 bits per heavy atom. The molecule has 1 aliphatic heterocycles. The number of aliphatic hydroxyl groups excluding tert-OH is 1. The maximum Gasteiger partial charge on any atom is 0.362 e. The molecule has 2 rings (SSSR count). The second kappa shape index (κ2) is 5.38. The Morgan fingerprint density at radius 2 is 2.11 bits per heavy atom. The average Bonchev–Trinajstić information content (AvgIpc) is 2.85. The third-order valence-corrected chi connectivity index (χ3v) is 2.34. The molecule has 1 aromatic rings. The number of allylic oxidation sites excluding steroid dienone is 1. The fourth-order valence-electron chi connectivity index (χ4n) is 1.41. The molecule has 7 nitrogen and oxygen atoms in total. The number of rotatable bonds is 3. The molecule has 0 spiro atoms. The van der Waals surface area contributed by atoms with E-state index in [4.69, 9.17) is 9.47 Å². The molecule has 7 heteroatoms. The normalized spacial score (nSPS) is 14.4. The van der Waals surface area contributed by atoms with Crippen molar-refractivity contribution in [3.8, 4) is 11.5 Å². The number of nitrogens with zero attached hydrogens (tertiary/aromatic N) is 2. The highest BCUT2D eigenvalue weighted by Gasteiger charge is 2.15. The Bertz CT molecular complexity index is 561. The van der Waals surface area contributed by atoms with Crippen molar-refractivity contribution in [1.29, 1.82) is 0 Å². The van der Waals surface area contributed by atoms with Gasteiger partial charge in [-0.25, -0.2) is 4.79 Å². The largest absolute Gasteiger partial charge is 0.510 e. The summed E-state index contributed by atoms with van der Waals surface area (Å²) in [6, 6.07) is 4.95. The first-order valence-corrected chi connectivity index (χ1v) is 5.41. The number of methoxy groups -OCH3 is 1. The van der Waals surface area contributed by atoms with Crippen LogP contribution >= 0.6 is 0 Å². The second-order valence-corrected chi connectivity index (χ2v) is 3.66. The predicted molar refractivity (Wildman–Crippen MR) is 64.4 cm³/mol. The maximum absolute atomic E-state index is 11.3. The van der Waals surface area contributed by atoms with Crippen molar-refractivity contribution in [3.63, 3.8) is 0 Å². The topological polar surface area (TPSA) is 89.7 Å². The van der Waals surface area contributed by atoms with Crippen molar-refractivity contribution < 1.29 is 24.1 Å². The number of hydrogen-bond donors (Lipinski definition) is 1. The number of carbonyl (C=O) groups is 1. The highest BCUT2D eigenvalue weighted by atomic mass is 16.7. The van der Waals surface area contributed by atoms with Gasteiger partial charge in [0.1, 0.15) is 5.76 Å². The van der Waals surface area contributed by atoms with Gasteiger partial charge < -0.3 is 19.3 Å². The van der Waals surface area contributed by atoms with E-state index in [0.29, 0.717) is 17.2 Å². The van der Waals surface area contributed by atoms with E-state index in [1.165, 1.54) is 14.0 Å². The Morgan fingerprint density at radius 3 is 2.79 bits per heavy atom. The van der Waals surface area contributed by atoms with Gasteiger partial charge in [0.05, 0.1) is 12.8 Å². The van der Waals surface area contributed by atoms with E-state index in [1.807, 2.05) is 0 Å². The minimum Gasteiger partial charge on any atom is -0.510 e. The van der Waals surface area contributed by atoms with Crippen molar-refractivity contribution in [2.24, 2.45) is 10.2 Å². The minimum atomic E-state index is -0.760. The zero-order valence-electron chi connectivity index (χ0n) is 10.4. The van der Waals surface area contributed by atoms with Crippen LogP contribution < -0.4 is 9.47 Å². The monoisotopic (exact) mass is 264 g/mol. The lowest BCUT2D eigenvalue weighted by atomic mass is 10.3. The molecule has 0 aliphatic carbocycles. The first-order chi connectivity index (χ1) is 9.11. The molecule has 0 fully saturated rings. The van der Waals surface area contributed by atoms with E-state index in [1.54, 1.807) is 18.2 Å². The van der Waals surface area contributed by atoms with Gasteiger partial charge in [-0.15, -0.1) is 5.11 Å². The summed E-state index contributed by atoms with van der Waals surface area (Å²) in [5.41, 5.74) is 0.215. The quantitative estimate of drug-likeness (QED) is 0.392. The highest BCUT2D eigenvalue weighted by molar-refractivity contribution is 5.88. The summed E-state index contributed by atoms with van der Waals surface area (Å²) in [4.78, 5) is 11.3. The molecule has 1 N–H and O–H groups in total. The number of benzene rings is 1. The fourth-order valence-corrected chi connectivity index (χ4v) is 1.41. The SMILES string of the molecule is COC(=O)C(N=Nc1ccc2c(c1)OCO2)=C(C)O. The zero-order valence-corrected chi connectivity index (χ0v) is 10.4. The fraction of sp³-hybridized carbons (Fsp3) is 0.250. The van der Waals surface area contributed by atoms with Gasteiger partial charge in [-0.05, 0) is 19.1 Å². The van der Waals surface area contributed by atoms with E-state index in [-0.39, 0.29) is 18.2 Å². The number of aliphatic hydroxyl groups is 1. The number of ether oxygens (including phenoxy) is 3. The third kappa shape index (κ3) is 2.82. The molecule has 0 amide bonds. The molecule has 0 saturated carbocycles. The predicted octanol–water partition coefficient (Wildman–Crippen LogP) is 2.46. The lowest BCUT2D eigenvalue weighted by Crippen LogP contribution is -2.04. The van der Waals surface area contributed by atoms with Crippen LogP contribution in [-0.4, -0.2) is 25.0 Å². The molecule has 0 bridgehead atoms. The average molecular weight is 264 g/mol. The van der Waals surface area contributed by atoms with Gasteiger partial charge >= 0.3 is 5.97 Å². The number of carbonyl (C=O) groups excluding carboxylic acids is 1. The van der Waals surface area contributed by atoms with E-state index < -0.39 is 5.97 Å². The zero-order chi connectivity index (χ0) is 13.8. The summed E-state index contributed by atoms with van der Waals surface area (Å²) in [6.07, 6.45) is 0. The molecular formula is C12H12N2O5. The lowest BCUT2D eigenvalue weighted by Gasteiger charge is -2.00. The first kappa shape index (κ1) is 12.9. The van der Waals surface area contributed by atoms with Crippen LogP contribution in [0.1, 0.15) is 6.92 Å². The minimum absolute atomic E-state index is 0.166. The van der Waals surface area contributed by atoms with Gasteiger partial charge in [-0.2, -0.15) is 5.11 Å². The van der Waals surface area contributed by atoms with Crippen LogP contribution in [0.3, 0.4) is 0 Å². The maximum atomic E-state index is 11.3. The highest BCUT2D eigenvalue weighted by Crippen LogP contribution is 2.35. The molecule has 0 aromatic heterocycles. The second-order valence-electron chi connectivity index (χ2n) is 3.66. The number of hydrogen-bond acceptors (Lipinski definition) is 7. The van der Waals surface area contributed by atoms with Crippen molar-refractivity contribution in [1.82, 2.24) is 0 Å². The van der Waals surface area contributed by atoms with Crippen LogP contribution in [0.5, 0.6) is 11.5 Å². The van der Waals surface area contributed by atoms with Crippen molar-refractivity contribution >= 4 is 11.7 Å². The van der Waals surface area contributed by atoms with Crippen LogP contribution in [0.4, 0.5) is 5.69 Å².